The van der Waals surface area contributed by atoms with Crippen LogP contribution in [0.3, 0.4) is 0 Å². The third-order valence-corrected chi connectivity index (χ3v) is 13.2. The minimum atomic E-state index is -0.743. The minimum absolute atomic E-state index is 0.105. The summed E-state index contributed by atoms with van der Waals surface area (Å²) in [7, 11) is 7.04. The highest BCUT2D eigenvalue weighted by molar-refractivity contribution is 5.92. The average molecular weight is 1000 g/mol. The summed E-state index contributed by atoms with van der Waals surface area (Å²) in [5.41, 5.74) is 1.60. The highest BCUT2D eigenvalue weighted by Gasteiger charge is 2.43. The van der Waals surface area contributed by atoms with Crippen LogP contribution in [0.5, 0.6) is 0 Å². The molecule has 6 atom stereocenters. The molecule has 72 heavy (non-hydrogen) atoms. The van der Waals surface area contributed by atoms with Gasteiger partial charge in [-0.2, -0.15) is 0 Å². The first-order valence-corrected chi connectivity index (χ1v) is 25.2. The lowest BCUT2D eigenvalue weighted by molar-refractivity contribution is -0.141. The van der Waals surface area contributed by atoms with Gasteiger partial charge in [-0.05, 0) is 74.2 Å². The summed E-state index contributed by atoms with van der Waals surface area (Å²) in [4.78, 5) is 69.9. The number of hydrogen-bond acceptors (Lipinski definition) is 10. The van der Waals surface area contributed by atoms with E-state index in [4.69, 9.17) is 9.94 Å². The first-order chi connectivity index (χ1) is 33.2. The number of likely N-dealkylation sites (N-methyl/N-ethyl adjacent to an activating group) is 4. The number of nitrogens with one attached hydrogen (secondary N) is 4. The highest BCUT2D eigenvalue weighted by Crippen LogP contribution is 2.31. The molecule has 5 N–H and O–H groups in total. The van der Waals surface area contributed by atoms with Gasteiger partial charge in [0.1, 0.15) is 12.1 Å². The van der Waals surface area contributed by atoms with Gasteiger partial charge >= 0.3 is 5.97 Å². The Hall–Kier alpha value is -5.60. The number of rotatable bonds is 22. The molecule has 14 heteroatoms. The van der Waals surface area contributed by atoms with Crippen LogP contribution in [0.4, 0.5) is 0 Å². The Morgan fingerprint density at radius 2 is 0.944 bits per heavy atom. The number of allylic oxidation sites excluding steroid dienone is 3. The molecule has 0 bridgehead atoms. The van der Waals surface area contributed by atoms with Gasteiger partial charge in [0.2, 0.25) is 23.6 Å². The van der Waals surface area contributed by atoms with Gasteiger partial charge < -0.3 is 41.0 Å². The first-order valence-electron chi connectivity index (χ1n) is 25.2. The second-order valence-corrected chi connectivity index (χ2v) is 22.8. The van der Waals surface area contributed by atoms with E-state index in [1.54, 1.807) is 51.0 Å². The van der Waals surface area contributed by atoms with Crippen molar-refractivity contribution < 1.29 is 33.9 Å². The Kier molecular flexibility index (Phi) is 25.6. The number of ether oxygens (including phenoxy) is 1. The standard InChI is InChI=1S/C31H49N3O4.C27H44N4O3/c1-12-38-25(35)19-18-22(4)20-24(21(2)3)34(11)29(37)27(30(5,6)7)33-28(36)26(32-10)31(8,9)23-16-14-13-15-17-23;1-18(2)21(16-19(3)17-29-34)31(10)25(33)23(26(4,5)6)30-24(32)22(28-9)27(7,8)20-14-12-11-13-15-20/h13-21,24,26-27,32H,12H2,1-11H3,(H,33,36);11-18,21-23,28,34H,1-10H3,(H,30,32)/b19-18-,22-20+;19-16+,29-17+/t24-,26-,27-;21-,22-,23-/m11/s1. The SMILES string of the molecule is CCOC(=O)/C=C\C(C)=C\[C@H](C(C)C)N(C)C(=O)[C@@H](NC(=O)[C@@H](NC)C(C)(C)c1ccccc1)C(C)(C)C.CN[C@H](C(=O)N[C@H](C(=O)N(C)[C@H](/C=C(C)/C=N/O)C(C)C)C(C)(C)C)C(C)(C)c1ccccc1. The van der Waals surface area contributed by atoms with Crippen LogP contribution in [-0.4, -0.2) is 122 Å². The van der Waals surface area contributed by atoms with Crippen molar-refractivity contribution in [2.24, 2.45) is 27.8 Å². The van der Waals surface area contributed by atoms with Gasteiger partial charge in [-0.1, -0.05) is 187 Å². The Balaban J connectivity index is 0.000000724. The smallest absolute Gasteiger partial charge is 0.330 e. The van der Waals surface area contributed by atoms with Crippen LogP contribution >= 0.6 is 0 Å². The van der Waals surface area contributed by atoms with Crippen LogP contribution < -0.4 is 21.3 Å². The van der Waals surface area contributed by atoms with Crippen LogP contribution in [0.15, 0.2) is 101 Å². The molecule has 2 rings (SSSR count). The lowest BCUT2D eigenvalue weighted by Crippen LogP contribution is -2.61. The predicted molar refractivity (Wildman–Crippen MR) is 294 cm³/mol. The second kappa shape index (κ2) is 28.6. The molecule has 0 fully saturated rings. The molecular formula is C58H93N7O7. The van der Waals surface area contributed by atoms with Crippen molar-refractivity contribution in [3.05, 3.63) is 107 Å². The van der Waals surface area contributed by atoms with Crippen molar-refractivity contribution in [2.45, 2.75) is 165 Å². The summed E-state index contributed by atoms with van der Waals surface area (Å²) in [6.07, 6.45) is 8.30. The van der Waals surface area contributed by atoms with Crippen molar-refractivity contribution in [2.75, 3.05) is 34.8 Å². The van der Waals surface area contributed by atoms with Crippen molar-refractivity contribution in [1.29, 1.82) is 0 Å². The van der Waals surface area contributed by atoms with Gasteiger partial charge in [0.25, 0.3) is 0 Å². The number of oxime groups is 1. The number of hydrogen-bond donors (Lipinski definition) is 5. The molecule has 0 saturated carbocycles. The van der Waals surface area contributed by atoms with Crippen molar-refractivity contribution in [1.82, 2.24) is 31.1 Å². The predicted octanol–water partition coefficient (Wildman–Crippen LogP) is 8.60. The van der Waals surface area contributed by atoms with Crippen LogP contribution in [0.25, 0.3) is 0 Å². The van der Waals surface area contributed by atoms with E-state index in [0.29, 0.717) is 6.61 Å². The molecule has 0 radical (unpaired) electrons. The Morgan fingerprint density at radius 1 is 0.597 bits per heavy atom. The molecule has 14 nitrogen and oxygen atoms in total. The van der Waals surface area contributed by atoms with Crippen molar-refractivity contribution in [3.8, 4) is 0 Å². The normalized spacial score (nSPS) is 15.5. The molecular weight excluding hydrogens is 907 g/mol. The first kappa shape index (κ1) is 64.4. The molecule has 2 aromatic rings. The summed E-state index contributed by atoms with van der Waals surface area (Å²) in [6, 6.07) is 16.7. The molecule has 0 aliphatic heterocycles. The fourth-order valence-corrected chi connectivity index (χ4v) is 8.78. The van der Waals surface area contributed by atoms with Crippen LogP contribution in [0, 0.1) is 22.7 Å². The van der Waals surface area contributed by atoms with Gasteiger partial charge in [0, 0.05) is 31.0 Å². The Labute approximate surface area is 433 Å². The van der Waals surface area contributed by atoms with E-state index in [0.717, 1.165) is 22.3 Å². The fraction of sp³-hybridized carbons (Fsp3) is 0.586. The van der Waals surface area contributed by atoms with E-state index in [9.17, 15) is 24.0 Å². The number of amides is 4. The minimum Gasteiger partial charge on any atom is -0.463 e. The maximum Gasteiger partial charge on any atom is 0.330 e. The fourth-order valence-electron chi connectivity index (χ4n) is 8.78. The highest BCUT2D eigenvalue weighted by atomic mass is 16.5. The van der Waals surface area contributed by atoms with Gasteiger partial charge in [-0.3, -0.25) is 19.2 Å². The van der Waals surface area contributed by atoms with Gasteiger partial charge in [0.15, 0.2) is 0 Å². The monoisotopic (exact) mass is 1000 g/mol. The lowest BCUT2D eigenvalue weighted by Gasteiger charge is -2.40. The molecule has 2 aromatic carbocycles. The summed E-state index contributed by atoms with van der Waals surface area (Å²) in [5, 5.41) is 24.4. The number of nitrogens with zero attached hydrogens (tertiary/aromatic N) is 3. The molecule has 402 valence electrons. The summed E-state index contributed by atoms with van der Waals surface area (Å²) in [5.74, 6) is -0.972. The van der Waals surface area contributed by atoms with Crippen molar-refractivity contribution in [3.63, 3.8) is 0 Å². The Morgan fingerprint density at radius 3 is 1.24 bits per heavy atom. The summed E-state index contributed by atoms with van der Waals surface area (Å²) < 4.78 is 4.95. The maximum absolute atomic E-state index is 13.9. The van der Waals surface area contributed by atoms with E-state index in [-0.39, 0.29) is 47.5 Å². The van der Waals surface area contributed by atoms with Crippen LogP contribution in [0.2, 0.25) is 0 Å². The molecule has 0 saturated heterocycles. The van der Waals surface area contributed by atoms with Gasteiger partial charge in [-0.25, -0.2) is 4.79 Å². The lowest BCUT2D eigenvalue weighted by atomic mass is 9.76. The number of esters is 1. The van der Waals surface area contributed by atoms with Gasteiger partial charge in [0.05, 0.1) is 37.0 Å². The van der Waals surface area contributed by atoms with Crippen LogP contribution in [0.1, 0.15) is 129 Å². The molecule has 4 amide bonds. The second-order valence-electron chi connectivity index (χ2n) is 22.8. The van der Waals surface area contributed by atoms with E-state index in [1.807, 2.05) is 184 Å². The molecule has 0 heterocycles. The van der Waals surface area contributed by atoms with Gasteiger partial charge in [-0.15, -0.1) is 0 Å². The van der Waals surface area contributed by atoms with E-state index >= 15 is 0 Å². The third-order valence-electron chi connectivity index (χ3n) is 13.2. The molecule has 0 unspecified atom stereocenters. The largest absolute Gasteiger partial charge is 0.463 e. The molecule has 0 aliphatic rings. The van der Waals surface area contributed by atoms with Crippen molar-refractivity contribution >= 4 is 35.8 Å². The maximum atomic E-state index is 13.9. The third kappa shape index (κ3) is 18.8. The van der Waals surface area contributed by atoms with E-state index < -0.39 is 51.8 Å². The molecule has 0 spiro atoms. The van der Waals surface area contributed by atoms with E-state index in [1.165, 1.54) is 12.3 Å². The zero-order chi connectivity index (χ0) is 55.5. The summed E-state index contributed by atoms with van der Waals surface area (Å²) >= 11 is 0. The number of benzene rings is 2. The van der Waals surface area contributed by atoms with Crippen LogP contribution in [-0.2, 0) is 39.5 Å². The number of carbonyl (C=O) groups excluding carboxylic acids is 5. The zero-order valence-electron chi connectivity index (χ0n) is 47.7. The quantitative estimate of drug-likeness (QED) is 0.0193. The zero-order valence-corrected chi connectivity index (χ0v) is 47.7. The summed E-state index contributed by atoms with van der Waals surface area (Å²) in [6.45, 7) is 33.7. The molecule has 0 aliphatic carbocycles. The number of carbonyl (C=O) groups is 5. The average Bonchev–Trinajstić information content (AvgIpc) is 3.29. The topological polar surface area (TPSA) is 182 Å². The van der Waals surface area contributed by atoms with E-state index in [2.05, 4.69) is 26.4 Å². The Bertz CT molecular complexity index is 2170. The molecule has 0 aromatic heterocycles.